The summed E-state index contributed by atoms with van der Waals surface area (Å²) >= 11 is 0. The number of rotatable bonds is 3. The average molecular weight is 276 g/mol. The number of methoxy groups -OCH3 is 1. The molecule has 0 aromatic heterocycles. The van der Waals surface area contributed by atoms with Gasteiger partial charge in [-0.05, 0) is 42.5 Å². The number of carbonyl (C=O) groups excluding carboxylic acids is 1. The van der Waals surface area contributed by atoms with Gasteiger partial charge >= 0.3 is 0 Å². The third-order valence-electron chi connectivity index (χ3n) is 3.70. The van der Waals surface area contributed by atoms with Gasteiger partial charge in [-0.15, -0.1) is 0 Å². The van der Waals surface area contributed by atoms with Crippen LogP contribution in [0.5, 0.6) is 5.75 Å². The Kier molecular flexibility index (Phi) is 4.33. The molecule has 0 unspecified atom stereocenters. The van der Waals surface area contributed by atoms with Crippen molar-refractivity contribution in [3.63, 3.8) is 0 Å². The van der Waals surface area contributed by atoms with E-state index in [4.69, 9.17) is 4.74 Å². The highest BCUT2D eigenvalue weighted by atomic mass is 16.5. The first-order valence-electron chi connectivity index (χ1n) is 7.14. The minimum Gasteiger partial charge on any atom is -0.495 e. The van der Waals surface area contributed by atoms with Crippen molar-refractivity contribution in [3.05, 3.63) is 23.8 Å². The molecule has 1 aromatic rings. The molecule has 4 nitrogen and oxygen atoms in total. The molecule has 1 aliphatic heterocycles. The molecule has 1 atom stereocenters. The molecule has 0 radical (unpaired) electrons. The lowest BCUT2D eigenvalue weighted by Crippen LogP contribution is -2.35. The summed E-state index contributed by atoms with van der Waals surface area (Å²) in [6.45, 7) is 7.37. The van der Waals surface area contributed by atoms with Gasteiger partial charge in [0.15, 0.2) is 0 Å². The third-order valence-corrected chi connectivity index (χ3v) is 3.70. The van der Waals surface area contributed by atoms with E-state index in [0.29, 0.717) is 5.75 Å². The van der Waals surface area contributed by atoms with Crippen LogP contribution in [0.4, 0.5) is 5.69 Å². The Morgan fingerprint density at radius 3 is 2.70 bits per heavy atom. The molecule has 1 heterocycles. The van der Waals surface area contributed by atoms with Crippen LogP contribution in [0.3, 0.4) is 0 Å². The first-order chi connectivity index (χ1) is 9.41. The van der Waals surface area contributed by atoms with Crippen LogP contribution in [0.2, 0.25) is 0 Å². The van der Waals surface area contributed by atoms with Crippen molar-refractivity contribution in [1.82, 2.24) is 5.32 Å². The second-order valence-corrected chi connectivity index (χ2v) is 6.30. The molecular formula is C16H24N2O2. The van der Waals surface area contributed by atoms with Crippen molar-refractivity contribution in [2.75, 3.05) is 19.0 Å². The van der Waals surface area contributed by atoms with E-state index in [9.17, 15) is 4.79 Å². The number of benzene rings is 1. The molecule has 1 fully saturated rings. The molecule has 0 spiro atoms. The maximum atomic E-state index is 12.2. The molecule has 1 amide bonds. The predicted octanol–water partition coefficient (Wildman–Crippen LogP) is 2.68. The maximum absolute atomic E-state index is 12.2. The zero-order valence-electron chi connectivity index (χ0n) is 12.7. The molecule has 0 bridgehead atoms. The van der Waals surface area contributed by atoms with Gasteiger partial charge in [-0.25, -0.2) is 0 Å². The van der Waals surface area contributed by atoms with E-state index in [1.54, 1.807) is 7.11 Å². The summed E-state index contributed by atoms with van der Waals surface area (Å²) in [4.78, 5) is 12.2. The summed E-state index contributed by atoms with van der Waals surface area (Å²) in [6, 6.07) is 5.88. The zero-order chi connectivity index (χ0) is 14.8. The third kappa shape index (κ3) is 3.31. The fourth-order valence-electron chi connectivity index (χ4n) is 2.40. The van der Waals surface area contributed by atoms with Gasteiger partial charge in [0, 0.05) is 0 Å². The largest absolute Gasteiger partial charge is 0.495 e. The SMILES string of the molecule is COc1ccc(C(C)(C)C)cc1NC(=O)[C@@H]1CCCN1. The number of nitrogens with one attached hydrogen (secondary N) is 2. The van der Waals surface area contributed by atoms with Crippen LogP contribution in [-0.4, -0.2) is 25.6 Å². The molecule has 2 N–H and O–H groups in total. The smallest absolute Gasteiger partial charge is 0.241 e. The summed E-state index contributed by atoms with van der Waals surface area (Å²) < 4.78 is 5.34. The van der Waals surface area contributed by atoms with Crippen molar-refractivity contribution in [1.29, 1.82) is 0 Å². The summed E-state index contributed by atoms with van der Waals surface area (Å²) in [5.41, 5.74) is 1.96. The lowest BCUT2D eigenvalue weighted by molar-refractivity contribution is -0.117. The molecule has 0 aliphatic carbocycles. The average Bonchev–Trinajstić information content (AvgIpc) is 2.91. The molecule has 4 heteroatoms. The fraction of sp³-hybridized carbons (Fsp3) is 0.562. The molecule has 1 aliphatic rings. The Labute approximate surface area is 120 Å². The Bertz CT molecular complexity index is 486. The lowest BCUT2D eigenvalue weighted by atomic mass is 9.87. The highest BCUT2D eigenvalue weighted by molar-refractivity contribution is 5.96. The molecule has 1 saturated heterocycles. The van der Waals surface area contributed by atoms with Crippen LogP contribution >= 0.6 is 0 Å². The van der Waals surface area contributed by atoms with Crippen molar-refractivity contribution in [3.8, 4) is 5.75 Å². The molecule has 0 saturated carbocycles. The predicted molar refractivity (Wildman–Crippen MR) is 81.3 cm³/mol. The Morgan fingerprint density at radius 2 is 2.15 bits per heavy atom. The number of anilines is 1. The zero-order valence-corrected chi connectivity index (χ0v) is 12.7. The minimum absolute atomic E-state index is 0.0202. The standard InChI is InChI=1S/C16H24N2O2/c1-16(2,3)11-7-8-14(20-4)13(10-11)18-15(19)12-6-5-9-17-12/h7-8,10,12,17H,5-6,9H2,1-4H3,(H,18,19)/t12-/m0/s1. The maximum Gasteiger partial charge on any atom is 0.241 e. The second-order valence-electron chi connectivity index (χ2n) is 6.30. The van der Waals surface area contributed by atoms with Crippen molar-refractivity contribution in [2.45, 2.75) is 45.1 Å². The number of carbonyl (C=O) groups is 1. The monoisotopic (exact) mass is 276 g/mol. The van der Waals surface area contributed by atoms with E-state index >= 15 is 0 Å². The van der Waals surface area contributed by atoms with Gasteiger partial charge in [-0.1, -0.05) is 26.8 Å². The van der Waals surface area contributed by atoms with E-state index < -0.39 is 0 Å². The van der Waals surface area contributed by atoms with Gasteiger partial charge in [0.25, 0.3) is 0 Å². The van der Waals surface area contributed by atoms with Crippen molar-refractivity contribution < 1.29 is 9.53 Å². The summed E-state index contributed by atoms with van der Waals surface area (Å²) in [5.74, 6) is 0.719. The van der Waals surface area contributed by atoms with Gasteiger partial charge in [0.2, 0.25) is 5.91 Å². The van der Waals surface area contributed by atoms with Crippen molar-refractivity contribution in [2.24, 2.45) is 0 Å². The van der Waals surface area contributed by atoms with Crippen LogP contribution in [0, 0.1) is 0 Å². The van der Waals surface area contributed by atoms with Gasteiger partial charge in [-0.3, -0.25) is 4.79 Å². The minimum atomic E-state index is -0.0852. The Morgan fingerprint density at radius 1 is 1.40 bits per heavy atom. The van der Waals surface area contributed by atoms with Crippen LogP contribution in [0.25, 0.3) is 0 Å². The number of hydrogen-bond acceptors (Lipinski definition) is 3. The first kappa shape index (κ1) is 14.9. The van der Waals surface area contributed by atoms with Crippen molar-refractivity contribution >= 4 is 11.6 Å². The van der Waals surface area contributed by atoms with Crippen LogP contribution in [0.15, 0.2) is 18.2 Å². The Balaban J connectivity index is 2.22. The number of hydrogen-bond donors (Lipinski definition) is 2. The molecule has 20 heavy (non-hydrogen) atoms. The van der Waals surface area contributed by atoms with E-state index in [2.05, 4.69) is 31.4 Å². The lowest BCUT2D eigenvalue weighted by Gasteiger charge is -2.21. The number of amides is 1. The topological polar surface area (TPSA) is 50.4 Å². The van der Waals surface area contributed by atoms with Crippen LogP contribution in [0.1, 0.15) is 39.2 Å². The second kappa shape index (κ2) is 5.83. The molecule has 110 valence electrons. The van der Waals surface area contributed by atoms with Crippen LogP contribution in [-0.2, 0) is 10.2 Å². The van der Waals surface area contributed by atoms with Crippen LogP contribution < -0.4 is 15.4 Å². The van der Waals surface area contributed by atoms with E-state index in [1.165, 1.54) is 5.56 Å². The van der Waals surface area contributed by atoms with E-state index in [0.717, 1.165) is 25.1 Å². The van der Waals surface area contributed by atoms with E-state index in [-0.39, 0.29) is 17.4 Å². The van der Waals surface area contributed by atoms with Gasteiger partial charge in [0.05, 0.1) is 18.8 Å². The normalized spacial score (nSPS) is 18.9. The number of ether oxygens (including phenoxy) is 1. The molecule has 1 aromatic carbocycles. The fourth-order valence-corrected chi connectivity index (χ4v) is 2.40. The summed E-state index contributed by atoms with van der Waals surface area (Å²) in [7, 11) is 1.62. The molecule has 2 rings (SSSR count). The first-order valence-corrected chi connectivity index (χ1v) is 7.14. The Hall–Kier alpha value is -1.55. The van der Waals surface area contributed by atoms with Gasteiger partial charge < -0.3 is 15.4 Å². The quantitative estimate of drug-likeness (QED) is 0.892. The van der Waals surface area contributed by atoms with Gasteiger partial charge in [0.1, 0.15) is 5.75 Å². The molecular weight excluding hydrogens is 252 g/mol. The highest BCUT2D eigenvalue weighted by Gasteiger charge is 2.23. The van der Waals surface area contributed by atoms with Gasteiger partial charge in [-0.2, -0.15) is 0 Å². The highest BCUT2D eigenvalue weighted by Crippen LogP contribution is 2.31. The van der Waals surface area contributed by atoms with E-state index in [1.807, 2.05) is 18.2 Å². The summed E-state index contributed by atoms with van der Waals surface area (Å²) in [5, 5.41) is 6.20. The summed E-state index contributed by atoms with van der Waals surface area (Å²) in [6.07, 6.45) is 1.95.